The first kappa shape index (κ1) is 6.66. The molecule has 2 aliphatic rings. The average Bonchev–Trinajstić information content (AvgIpc) is 2.72. The zero-order valence-corrected chi connectivity index (χ0v) is 6.73. The van der Waals surface area contributed by atoms with Crippen LogP contribution in [0.4, 0.5) is 0 Å². The molecule has 0 aromatic rings. The minimum absolute atomic E-state index is 0.320. The van der Waals surface area contributed by atoms with Crippen molar-refractivity contribution in [3.63, 3.8) is 0 Å². The predicted molar refractivity (Wildman–Crippen MR) is 40.9 cm³/mol. The lowest BCUT2D eigenvalue weighted by atomic mass is 9.81. The van der Waals surface area contributed by atoms with Gasteiger partial charge in [0, 0.05) is 0 Å². The largest absolute Gasteiger partial charge is 0.370 e. The summed E-state index contributed by atoms with van der Waals surface area (Å²) < 4.78 is 5.44. The van der Waals surface area contributed by atoms with Crippen LogP contribution in [0.3, 0.4) is 0 Å². The Labute approximate surface area is 62.8 Å². The van der Waals surface area contributed by atoms with Gasteiger partial charge < -0.3 is 4.74 Å². The van der Waals surface area contributed by atoms with E-state index < -0.39 is 0 Å². The van der Waals surface area contributed by atoms with Gasteiger partial charge in [0.2, 0.25) is 0 Å². The first-order valence-electron chi connectivity index (χ1n) is 4.45. The third kappa shape index (κ3) is 1.07. The Hall–Kier alpha value is -0.0400. The lowest BCUT2D eigenvalue weighted by Crippen LogP contribution is -2.22. The van der Waals surface area contributed by atoms with E-state index in [0.717, 1.165) is 12.5 Å². The molecule has 0 radical (unpaired) electrons. The normalized spacial score (nSPS) is 41.7. The third-order valence-corrected chi connectivity index (χ3v) is 3.07. The Balaban J connectivity index is 1.91. The van der Waals surface area contributed by atoms with E-state index in [1.54, 1.807) is 0 Å². The van der Waals surface area contributed by atoms with Crippen LogP contribution in [0, 0.1) is 5.92 Å². The van der Waals surface area contributed by atoms with E-state index in [-0.39, 0.29) is 0 Å². The van der Waals surface area contributed by atoms with Crippen LogP contribution in [0.2, 0.25) is 0 Å². The van der Waals surface area contributed by atoms with Crippen LogP contribution in [0.5, 0.6) is 0 Å². The molecule has 1 heteroatoms. The third-order valence-electron chi connectivity index (χ3n) is 3.07. The van der Waals surface area contributed by atoms with Gasteiger partial charge in [0.15, 0.2) is 0 Å². The van der Waals surface area contributed by atoms with Crippen molar-refractivity contribution in [3.05, 3.63) is 0 Å². The van der Waals surface area contributed by atoms with Crippen molar-refractivity contribution in [3.8, 4) is 0 Å². The number of rotatable bonds is 1. The summed E-state index contributed by atoms with van der Waals surface area (Å²) in [4.78, 5) is 0. The highest BCUT2D eigenvalue weighted by Crippen LogP contribution is 2.42. The molecule has 2 fully saturated rings. The molecular formula is C9H16O. The summed E-state index contributed by atoms with van der Waals surface area (Å²) in [6.45, 7) is 3.29. The van der Waals surface area contributed by atoms with E-state index in [0.29, 0.717) is 5.60 Å². The summed E-state index contributed by atoms with van der Waals surface area (Å²) in [5, 5.41) is 0. The topological polar surface area (TPSA) is 12.5 Å². The number of hydrogen-bond acceptors (Lipinski definition) is 1. The maximum absolute atomic E-state index is 5.44. The van der Waals surface area contributed by atoms with Gasteiger partial charge in [-0.3, -0.25) is 0 Å². The average molecular weight is 140 g/mol. The van der Waals surface area contributed by atoms with Crippen LogP contribution in [0.1, 0.15) is 39.0 Å². The van der Waals surface area contributed by atoms with Crippen molar-refractivity contribution in [2.24, 2.45) is 5.92 Å². The van der Waals surface area contributed by atoms with Crippen molar-refractivity contribution in [2.45, 2.75) is 44.6 Å². The molecule has 0 spiro atoms. The monoisotopic (exact) mass is 140 g/mol. The minimum Gasteiger partial charge on any atom is -0.370 e. The van der Waals surface area contributed by atoms with Gasteiger partial charge >= 0.3 is 0 Å². The summed E-state index contributed by atoms with van der Waals surface area (Å²) in [6, 6.07) is 0. The molecule has 2 rings (SSSR count). The zero-order chi connectivity index (χ0) is 7.03. The molecule has 1 nitrogen and oxygen atoms in total. The smallest absolute Gasteiger partial charge is 0.0916 e. The van der Waals surface area contributed by atoms with Gasteiger partial charge in [0.1, 0.15) is 0 Å². The fourth-order valence-electron chi connectivity index (χ4n) is 2.06. The van der Waals surface area contributed by atoms with Gasteiger partial charge in [-0.15, -0.1) is 0 Å². The van der Waals surface area contributed by atoms with E-state index >= 15 is 0 Å². The molecule has 10 heavy (non-hydrogen) atoms. The second kappa shape index (κ2) is 2.23. The lowest BCUT2D eigenvalue weighted by Gasteiger charge is -2.24. The van der Waals surface area contributed by atoms with E-state index in [1.165, 1.54) is 32.1 Å². The summed E-state index contributed by atoms with van der Waals surface area (Å²) >= 11 is 0. The van der Waals surface area contributed by atoms with Gasteiger partial charge in [0.05, 0.1) is 12.2 Å². The van der Waals surface area contributed by atoms with Crippen LogP contribution >= 0.6 is 0 Å². The van der Waals surface area contributed by atoms with E-state index in [2.05, 4.69) is 6.92 Å². The first-order chi connectivity index (χ1) is 4.81. The van der Waals surface area contributed by atoms with Crippen LogP contribution in [0.25, 0.3) is 0 Å². The molecule has 0 aromatic carbocycles. The Morgan fingerprint density at radius 2 is 1.80 bits per heavy atom. The highest BCUT2D eigenvalue weighted by atomic mass is 16.6. The highest BCUT2D eigenvalue weighted by Gasteiger charge is 2.46. The molecule has 58 valence electrons. The van der Waals surface area contributed by atoms with Gasteiger partial charge in [0.25, 0.3) is 0 Å². The summed E-state index contributed by atoms with van der Waals surface area (Å²) in [5.74, 6) is 0.890. The number of epoxide rings is 1. The molecular weight excluding hydrogens is 124 g/mol. The Morgan fingerprint density at radius 3 is 2.30 bits per heavy atom. The second-order valence-electron chi connectivity index (χ2n) is 3.94. The Morgan fingerprint density at radius 1 is 1.20 bits per heavy atom. The van der Waals surface area contributed by atoms with Crippen molar-refractivity contribution < 1.29 is 4.74 Å². The predicted octanol–water partition coefficient (Wildman–Crippen LogP) is 2.36. The van der Waals surface area contributed by atoms with Crippen molar-refractivity contribution >= 4 is 0 Å². The van der Waals surface area contributed by atoms with Crippen LogP contribution in [-0.2, 0) is 4.74 Å². The van der Waals surface area contributed by atoms with Crippen molar-refractivity contribution in [2.75, 3.05) is 6.61 Å². The molecule has 1 saturated heterocycles. The maximum Gasteiger partial charge on any atom is 0.0916 e. The zero-order valence-electron chi connectivity index (χ0n) is 6.73. The number of ether oxygens (including phenoxy) is 1. The second-order valence-corrected chi connectivity index (χ2v) is 3.94. The molecule has 1 heterocycles. The Bertz CT molecular complexity index is 121. The summed E-state index contributed by atoms with van der Waals surface area (Å²) in [6.07, 6.45) is 7.15. The number of hydrogen-bond donors (Lipinski definition) is 0. The maximum atomic E-state index is 5.44. The van der Waals surface area contributed by atoms with Crippen molar-refractivity contribution in [1.29, 1.82) is 0 Å². The van der Waals surface area contributed by atoms with Gasteiger partial charge in [-0.1, -0.05) is 19.3 Å². The van der Waals surface area contributed by atoms with Crippen LogP contribution in [-0.4, -0.2) is 12.2 Å². The SMILES string of the molecule is C[C@]1(C2CCCCC2)CO1. The highest BCUT2D eigenvalue weighted by molar-refractivity contribution is 4.94. The standard InChI is InChI=1S/C9H16O/c1-9(7-10-9)8-5-3-2-4-6-8/h8H,2-7H2,1H3/t9-/m1/s1. The first-order valence-corrected chi connectivity index (χ1v) is 4.45. The van der Waals surface area contributed by atoms with E-state index in [4.69, 9.17) is 4.74 Å². The van der Waals surface area contributed by atoms with Gasteiger partial charge in [-0.2, -0.15) is 0 Å². The Kier molecular flexibility index (Phi) is 1.48. The molecule has 0 amide bonds. The molecule has 0 aromatic heterocycles. The van der Waals surface area contributed by atoms with Gasteiger partial charge in [-0.05, 0) is 25.7 Å². The van der Waals surface area contributed by atoms with Gasteiger partial charge in [-0.25, -0.2) is 0 Å². The molecule has 1 atom stereocenters. The molecule has 0 N–H and O–H groups in total. The van der Waals surface area contributed by atoms with E-state index in [9.17, 15) is 0 Å². The quantitative estimate of drug-likeness (QED) is 0.509. The lowest BCUT2D eigenvalue weighted by molar-refractivity contribution is 0.189. The van der Waals surface area contributed by atoms with Crippen LogP contribution < -0.4 is 0 Å². The molecule has 1 aliphatic carbocycles. The molecule has 0 bridgehead atoms. The molecule has 0 unspecified atom stereocenters. The fourth-order valence-corrected chi connectivity index (χ4v) is 2.06. The summed E-state index contributed by atoms with van der Waals surface area (Å²) in [5.41, 5.74) is 0.320. The fraction of sp³-hybridized carbons (Fsp3) is 1.00. The molecule has 1 saturated carbocycles. The molecule has 1 aliphatic heterocycles. The minimum atomic E-state index is 0.320. The van der Waals surface area contributed by atoms with Crippen LogP contribution in [0.15, 0.2) is 0 Å². The summed E-state index contributed by atoms with van der Waals surface area (Å²) in [7, 11) is 0. The van der Waals surface area contributed by atoms with Crippen molar-refractivity contribution in [1.82, 2.24) is 0 Å². The van der Waals surface area contributed by atoms with E-state index in [1.807, 2.05) is 0 Å².